The summed E-state index contributed by atoms with van der Waals surface area (Å²) in [5.74, 6) is 1.80. The van der Waals surface area contributed by atoms with Crippen LogP contribution in [0.2, 0.25) is 0 Å². The van der Waals surface area contributed by atoms with E-state index in [1.807, 2.05) is 36.4 Å². The third-order valence-corrected chi connectivity index (χ3v) is 5.56. The van der Waals surface area contributed by atoms with Crippen LogP contribution in [0.4, 0.5) is 0 Å². The third-order valence-electron chi connectivity index (χ3n) is 4.55. The Balaban J connectivity index is 1.60. The number of carbonyl (C=O) groups excluding carboxylic acids is 1. The number of ether oxygens (including phenoxy) is 1. The number of hydrogen-bond acceptors (Lipinski definition) is 5. The molecule has 0 saturated carbocycles. The van der Waals surface area contributed by atoms with Crippen LogP contribution in [0.25, 0.3) is 5.69 Å². The standard InChI is InChI=1S/C23H28N4O2S/c1-29-16-9-15-24-22(28)14-8-17-30-23-26-25-21(18-19-10-4-2-5-11-19)27(23)20-12-6-3-7-13-20/h2-7,10-13H,8-9,14-18H2,1H3,(H,24,28). The van der Waals surface area contributed by atoms with Gasteiger partial charge in [-0.15, -0.1) is 10.2 Å². The number of para-hydroxylation sites is 1. The molecule has 0 aliphatic heterocycles. The molecule has 7 heteroatoms. The van der Waals surface area contributed by atoms with E-state index >= 15 is 0 Å². The number of thioether (sulfide) groups is 1. The number of rotatable bonds is 12. The number of hydrogen-bond donors (Lipinski definition) is 1. The first-order valence-electron chi connectivity index (χ1n) is 10.2. The molecule has 0 fully saturated rings. The van der Waals surface area contributed by atoms with Crippen LogP contribution in [0.3, 0.4) is 0 Å². The Hall–Kier alpha value is -2.64. The van der Waals surface area contributed by atoms with Crippen molar-refractivity contribution in [3.05, 3.63) is 72.1 Å². The topological polar surface area (TPSA) is 69.0 Å². The third kappa shape index (κ3) is 6.71. The second kappa shape index (κ2) is 12.1. The van der Waals surface area contributed by atoms with Crippen molar-refractivity contribution in [1.29, 1.82) is 0 Å². The minimum absolute atomic E-state index is 0.0843. The van der Waals surface area contributed by atoms with Gasteiger partial charge in [0, 0.05) is 44.5 Å². The fourth-order valence-electron chi connectivity index (χ4n) is 3.05. The summed E-state index contributed by atoms with van der Waals surface area (Å²) < 4.78 is 7.10. The number of methoxy groups -OCH3 is 1. The largest absolute Gasteiger partial charge is 0.385 e. The van der Waals surface area contributed by atoms with Crippen LogP contribution in [-0.4, -0.2) is 46.7 Å². The molecule has 0 saturated heterocycles. The van der Waals surface area contributed by atoms with Crippen LogP contribution in [-0.2, 0) is 16.0 Å². The molecule has 0 aliphatic carbocycles. The lowest BCUT2D eigenvalue weighted by Gasteiger charge is -2.10. The molecular formula is C23H28N4O2S. The number of amides is 1. The molecular weight excluding hydrogens is 396 g/mol. The number of aromatic nitrogens is 3. The van der Waals surface area contributed by atoms with Gasteiger partial charge in [0.15, 0.2) is 5.16 Å². The predicted molar refractivity (Wildman–Crippen MR) is 120 cm³/mol. The van der Waals surface area contributed by atoms with Crippen molar-refractivity contribution in [3.63, 3.8) is 0 Å². The van der Waals surface area contributed by atoms with Gasteiger partial charge in [-0.1, -0.05) is 60.3 Å². The summed E-state index contributed by atoms with van der Waals surface area (Å²) in [5, 5.41) is 12.7. The molecule has 3 rings (SSSR count). The second-order valence-electron chi connectivity index (χ2n) is 6.88. The van der Waals surface area contributed by atoms with Crippen molar-refractivity contribution in [2.24, 2.45) is 0 Å². The van der Waals surface area contributed by atoms with Crippen LogP contribution >= 0.6 is 11.8 Å². The molecule has 0 aliphatic rings. The maximum Gasteiger partial charge on any atom is 0.220 e. The van der Waals surface area contributed by atoms with E-state index in [9.17, 15) is 4.79 Å². The van der Waals surface area contributed by atoms with Gasteiger partial charge in [0.05, 0.1) is 0 Å². The predicted octanol–water partition coefficient (Wildman–Crippen LogP) is 3.88. The highest BCUT2D eigenvalue weighted by Crippen LogP contribution is 2.24. The SMILES string of the molecule is COCCCNC(=O)CCCSc1nnc(Cc2ccccc2)n1-c1ccccc1. The van der Waals surface area contributed by atoms with Crippen molar-refractivity contribution in [1.82, 2.24) is 20.1 Å². The maximum absolute atomic E-state index is 11.9. The number of nitrogens with one attached hydrogen (secondary N) is 1. The Morgan fingerprint density at radius 1 is 1.03 bits per heavy atom. The molecule has 30 heavy (non-hydrogen) atoms. The molecule has 0 radical (unpaired) electrons. The molecule has 1 heterocycles. The first-order chi connectivity index (χ1) is 14.8. The summed E-state index contributed by atoms with van der Waals surface area (Å²) in [4.78, 5) is 11.9. The molecule has 0 atom stereocenters. The highest BCUT2D eigenvalue weighted by atomic mass is 32.2. The Bertz CT molecular complexity index is 900. The summed E-state index contributed by atoms with van der Waals surface area (Å²) in [6.07, 6.45) is 2.85. The highest BCUT2D eigenvalue weighted by Gasteiger charge is 2.15. The summed E-state index contributed by atoms with van der Waals surface area (Å²) in [5.41, 5.74) is 2.25. The molecule has 1 amide bonds. The van der Waals surface area contributed by atoms with Crippen LogP contribution < -0.4 is 5.32 Å². The second-order valence-corrected chi connectivity index (χ2v) is 7.94. The van der Waals surface area contributed by atoms with Gasteiger partial charge in [0.2, 0.25) is 5.91 Å². The summed E-state index contributed by atoms with van der Waals surface area (Å²) in [6, 6.07) is 20.5. The fourth-order valence-corrected chi connectivity index (χ4v) is 3.96. The molecule has 1 aromatic heterocycles. The van der Waals surface area contributed by atoms with Crippen LogP contribution in [0.15, 0.2) is 65.8 Å². The molecule has 0 bridgehead atoms. The normalized spacial score (nSPS) is 10.8. The van der Waals surface area contributed by atoms with Gasteiger partial charge < -0.3 is 10.1 Å². The first kappa shape index (κ1) is 22.1. The van der Waals surface area contributed by atoms with Gasteiger partial charge in [0.25, 0.3) is 0 Å². The minimum atomic E-state index is 0.0843. The molecule has 2 aromatic carbocycles. The van der Waals surface area contributed by atoms with Gasteiger partial charge in [-0.2, -0.15) is 0 Å². The van der Waals surface area contributed by atoms with Crippen LogP contribution in [0.5, 0.6) is 0 Å². The Morgan fingerprint density at radius 2 is 1.77 bits per heavy atom. The number of carbonyl (C=O) groups is 1. The first-order valence-corrected chi connectivity index (χ1v) is 11.2. The van der Waals surface area contributed by atoms with E-state index in [4.69, 9.17) is 4.74 Å². The zero-order chi connectivity index (χ0) is 21.0. The van der Waals surface area contributed by atoms with E-state index in [1.54, 1.807) is 18.9 Å². The van der Waals surface area contributed by atoms with E-state index in [2.05, 4.69) is 44.3 Å². The summed E-state index contributed by atoms with van der Waals surface area (Å²) in [6.45, 7) is 1.32. The zero-order valence-electron chi connectivity index (χ0n) is 17.3. The molecule has 3 aromatic rings. The van der Waals surface area contributed by atoms with Gasteiger partial charge in [-0.25, -0.2) is 0 Å². The molecule has 0 unspecified atom stereocenters. The van der Waals surface area contributed by atoms with Crippen molar-refractivity contribution >= 4 is 17.7 Å². The minimum Gasteiger partial charge on any atom is -0.385 e. The smallest absolute Gasteiger partial charge is 0.220 e. The quantitative estimate of drug-likeness (QED) is 0.353. The van der Waals surface area contributed by atoms with E-state index in [0.29, 0.717) is 26.0 Å². The maximum atomic E-state index is 11.9. The van der Waals surface area contributed by atoms with Crippen LogP contribution in [0.1, 0.15) is 30.7 Å². The number of nitrogens with zero attached hydrogens (tertiary/aromatic N) is 3. The lowest BCUT2D eigenvalue weighted by atomic mass is 10.1. The Labute approximate surface area is 182 Å². The van der Waals surface area contributed by atoms with E-state index in [1.165, 1.54) is 5.56 Å². The molecule has 6 nitrogen and oxygen atoms in total. The lowest BCUT2D eigenvalue weighted by Crippen LogP contribution is -2.24. The van der Waals surface area contributed by atoms with Crippen molar-refractivity contribution in [2.75, 3.05) is 26.0 Å². The van der Waals surface area contributed by atoms with E-state index < -0.39 is 0 Å². The molecule has 1 N–H and O–H groups in total. The van der Waals surface area contributed by atoms with E-state index in [0.717, 1.165) is 35.3 Å². The number of benzene rings is 2. The molecule has 0 spiro atoms. The Morgan fingerprint density at radius 3 is 2.50 bits per heavy atom. The highest BCUT2D eigenvalue weighted by molar-refractivity contribution is 7.99. The fraction of sp³-hybridized carbons (Fsp3) is 0.348. The van der Waals surface area contributed by atoms with Gasteiger partial charge in [-0.3, -0.25) is 9.36 Å². The summed E-state index contributed by atoms with van der Waals surface area (Å²) >= 11 is 1.64. The van der Waals surface area contributed by atoms with Crippen molar-refractivity contribution < 1.29 is 9.53 Å². The lowest BCUT2D eigenvalue weighted by molar-refractivity contribution is -0.121. The van der Waals surface area contributed by atoms with Gasteiger partial charge in [-0.05, 0) is 30.5 Å². The van der Waals surface area contributed by atoms with Gasteiger partial charge in [0.1, 0.15) is 5.82 Å². The van der Waals surface area contributed by atoms with Crippen molar-refractivity contribution in [2.45, 2.75) is 30.8 Å². The van der Waals surface area contributed by atoms with Crippen molar-refractivity contribution in [3.8, 4) is 5.69 Å². The Kier molecular flexibility index (Phi) is 8.93. The molecule has 158 valence electrons. The summed E-state index contributed by atoms with van der Waals surface area (Å²) in [7, 11) is 1.67. The zero-order valence-corrected chi connectivity index (χ0v) is 18.1. The average molecular weight is 425 g/mol. The van der Waals surface area contributed by atoms with E-state index in [-0.39, 0.29) is 5.91 Å². The monoisotopic (exact) mass is 424 g/mol. The van der Waals surface area contributed by atoms with Gasteiger partial charge >= 0.3 is 0 Å². The van der Waals surface area contributed by atoms with Crippen LogP contribution in [0, 0.1) is 0 Å². The average Bonchev–Trinajstić information content (AvgIpc) is 3.18.